The van der Waals surface area contributed by atoms with Crippen LogP contribution < -0.4 is 5.32 Å². The van der Waals surface area contributed by atoms with Crippen LogP contribution in [-0.4, -0.2) is 21.2 Å². The molecule has 0 saturated carbocycles. The maximum Gasteiger partial charge on any atom is 0.138 e. The molecule has 74 valence electrons. The van der Waals surface area contributed by atoms with Crippen LogP contribution in [-0.2, 0) is 6.54 Å². The average molecular weight is 182 g/mol. The molecule has 0 aliphatic heterocycles. The maximum atomic E-state index is 4.05. The van der Waals surface area contributed by atoms with Crippen molar-refractivity contribution in [1.29, 1.82) is 0 Å². The summed E-state index contributed by atoms with van der Waals surface area (Å²) in [5, 5.41) is 10.1. The Bertz CT molecular complexity index is 218. The molecule has 4 heteroatoms. The number of hydrogen-bond donors (Lipinski definition) is 2. The number of H-pyrrole nitrogens is 1. The minimum Gasteiger partial charge on any atom is -0.307 e. The van der Waals surface area contributed by atoms with Gasteiger partial charge in [0, 0.05) is 6.04 Å². The molecule has 1 unspecified atom stereocenters. The van der Waals surface area contributed by atoms with Crippen LogP contribution in [0, 0.1) is 5.92 Å². The van der Waals surface area contributed by atoms with Crippen molar-refractivity contribution in [3.05, 3.63) is 12.2 Å². The van der Waals surface area contributed by atoms with E-state index < -0.39 is 0 Å². The van der Waals surface area contributed by atoms with Crippen LogP contribution in [0.25, 0.3) is 0 Å². The highest BCUT2D eigenvalue weighted by Gasteiger charge is 2.10. The lowest BCUT2D eigenvalue weighted by Crippen LogP contribution is -2.32. The second-order valence-electron chi connectivity index (χ2n) is 3.57. The van der Waals surface area contributed by atoms with Gasteiger partial charge in [-0.25, -0.2) is 4.98 Å². The quantitative estimate of drug-likeness (QED) is 0.722. The molecule has 4 nitrogen and oxygen atoms in total. The Morgan fingerprint density at radius 2 is 2.31 bits per heavy atom. The lowest BCUT2D eigenvalue weighted by molar-refractivity contribution is 0.383. The van der Waals surface area contributed by atoms with E-state index in [-0.39, 0.29) is 0 Å². The third-order valence-electron chi connectivity index (χ3n) is 2.24. The van der Waals surface area contributed by atoms with Crippen molar-refractivity contribution >= 4 is 0 Å². The van der Waals surface area contributed by atoms with Gasteiger partial charge in [0.05, 0.1) is 6.54 Å². The van der Waals surface area contributed by atoms with Gasteiger partial charge in [0.15, 0.2) is 0 Å². The molecule has 0 bridgehead atoms. The summed E-state index contributed by atoms with van der Waals surface area (Å²) in [6, 6.07) is 0.560. The molecule has 1 aromatic rings. The standard InChI is InChI=1S/C9H18N4/c1-4-8(7(2)3)10-5-9-11-6-12-13-9/h6-8,10H,4-5H2,1-3H3,(H,11,12,13). The number of nitrogens with one attached hydrogen (secondary N) is 2. The summed E-state index contributed by atoms with van der Waals surface area (Å²) in [6.45, 7) is 7.41. The van der Waals surface area contributed by atoms with Gasteiger partial charge in [0.2, 0.25) is 0 Å². The van der Waals surface area contributed by atoms with Crippen molar-refractivity contribution in [1.82, 2.24) is 20.5 Å². The van der Waals surface area contributed by atoms with E-state index in [1.54, 1.807) is 0 Å². The summed E-state index contributed by atoms with van der Waals surface area (Å²) in [6.07, 6.45) is 2.68. The summed E-state index contributed by atoms with van der Waals surface area (Å²) < 4.78 is 0. The van der Waals surface area contributed by atoms with Crippen LogP contribution >= 0.6 is 0 Å². The van der Waals surface area contributed by atoms with E-state index in [2.05, 4.69) is 41.3 Å². The van der Waals surface area contributed by atoms with Gasteiger partial charge in [-0.05, 0) is 12.3 Å². The highest BCUT2D eigenvalue weighted by Crippen LogP contribution is 2.05. The fraction of sp³-hybridized carbons (Fsp3) is 0.778. The highest BCUT2D eigenvalue weighted by atomic mass is 15.2. The molecule has 0 aromatic carbocycles. The zero-order valence-corrected chi connectivity index (χ0v) is 8.54. The maximum absolute atomic E-state index is 4.05. The number of aromatic nitrogens is 3. The molecular weight excluding hydrogens is 164 g/mol. The first-order valence-electron chi connectivity index (χ1n) is 4.81. The second-order valence-corrected chi connectivity index (χ2v) is 3.57. The Morgan fingerprint density at radius 3 is 2.77 bits per heavy atom. The third kappa shape index (κ3) is 3.14. The van der Waals surface area contributed by atoms with Crippen molar-refractivity contribution in [2.24, 2.45) is 5.92 Å². The monoisotopic (exact) mass is 182 g/mol. The van der Waals surface area contributed by atoms with Crippen LogP contribution in [0.4, 0.5) is 0 Å². The smallest absolute Gasteiger partial charge is 0.138 e. The van der Waals surface area contributed by atoms with Crippen LogP contribution in [0.15, 0.2) is 6.33 Å². The van der Waals surface area contributed by atoms with Crippen molar-refractivity contribution in [2.75, 3.05) is 0 Å². The van der Waals surface area contributed by atoms with Gasteiger partial charge in [-0.1, -0.05) is 20.8 Å². The minimum atomic E-state index is 0.560. The minimum absolute atomic E-state index is 0.560. The molecule has 1 atom stereocenters. The van der Waals surface area contributed by atoms with E-state index in [1.165, 1.54) is 6.33 Å². The normalized spacial score (nSPS) is 13.5. The average Bonchev–Trinajstić information content (AvgIpc) is 2.57. The van der Waals surface area contributed by atoms with Gasteiger partial charge >= 0.3 is 0 Å². The molecule has 13 heavy (non-hydrogen) atoms. The summed E-state index contributed by atoms with van der Waals surface area (Å²) in [7, 11) is 0. The molecule has 1 heterocycles. The van der Waals surface area contributed by atoms with E-state index in [4.69, 9.17) is 0 Å². The van der Waals surface area contributed by atoms with Gasteiger partial charge in [-0.15, -0.1) is 0 Å². The van der Waals surface area contributed by atoms with Gasteiger partial charge in [0.1, 0.15) is 12.2 Å². The fourth-order valence-electron chi connectivity index (χ4n) is 1.40. The first-order chi connectivity index (χ1) is 6.24. The first-order valence-corrected chi connectivity index (χ1v) is 4.81. The predicted molar refractivity (Wildman–Crippen MR) is 52.1 cm³/mol. The Kier molecular flexibility index (Phi) is 3.89. The Hall–Kier alpha value is -0.900. The molecule has 1 rings (SSSR count). The van der Waals surface area contributed by atoms with E-state index in [1.807, 2.05) is 0 Å². The second kappa shape index (κ2) is 4.97. The number of aromatic amines is 1. The zero-order valence-electron chi connectivity index (χ0n) is 8.54. The lowest BCUT2D eigenvalue weighted by atomic mass is 10.0. The predicted octanol–water partition coefficient (Wildman–Crippen LogP) is 1.33. The van der Waals surface area contributed by atoms with Crippen molar-refractivity contribution in [3.8, 4) is 0 Å². The van der Waals surface area contributed by atoms with E-state index in [0.717, 1.165) is 18.8 Å². The first kappa shape index (κ1) is 10.2. The van der Waals surface area contributed by atoms with Crippen LogP contribution in [0.2, 0.25) is 0 Å². The Balaban J connectivity index is 2.32. The van der Waals surface area contributed by atoms with Gasteiger partial charge in [0.25, 0.3) is 0 Å². The molecular formula is C9H18N4. The summed E-state index contributed by atoms with van der Waals surface area (Å²) in [5.41, 5.74) is 0. The van der Waals surface area contributed by atoms with E-state index in [0.29, 0.717) is 12.0 Å². The summed E-state index contributed by atoms with van der Waals surface area (Å²) in [5.74, 6) is 1.56. The van der Waals surface area contributed by atoms with Crippen molar-refractivity contribution < 1.29 is 0 Å². The Labute approximate surface area is 79.2 Å². The largest absolute Gasteiger partial charge is 0.307 e. The Morgan fingerprint density at radius 1 is 1.54 bits per heavy atom. The topological polar surface area (TPSA) is 53.6 Å². The van der Waals surface area contributed by atoms with Crippen LogP contribution in [0.5, 0.6) is 0 Å². The molecule has 0 radical (unpaired) electrons. The molecule has 2 N–H and O–H groups in total. The summed E-state index contributed by atoms with van der Waals surface area (Å²) >= 11 is 0. The highest BCUT2D eigenvalue weighted by molar-refractivity contribution is 4.80. The van der Waals surface area contributed by atoms with Crippen LogP contribution in [0.3, 0.4) is 0 Å². The molecule has 0 aliphatic rings. The molecule has 0 aliphatic carbocycles. The number of nitrogens with zero attached hydrogens (tertiary/aromatic N) is 2. The lowest BCUT2D eigenvalue weighted by Gasteiger charge is -2.19. The van der Waals surface area contributed by atoms with Crippen LogP contribution in [0.1, 0.15) is 33.0 Å². The summed E-state index contributed by atoms with van der Waals surface area (Å²) in [4.78, 5) is 4.05. The molecule has 0 amide bonds. The SMILES string of the molecule is CCC(NCc1ncn[nH]1)C(C)C. The van der Waals surface area contributed by atoms with Gasteiger partial charge in [-0.2, -0.15) is 5.10 Å². The van der Waals surface area contributed by atoms with Gasteiger partial charge in [-0.3, -0.25) is 5.10 Å². The molecule has 0 spiro atoms. The molecule has 1 aromatic heterocycles. The number of hydrogen-bond acceptors (Lipinski definition) is 3. The van der Waals surface area contributed by atoms with Crippen molar-refractivity contribution in [2.45, 2.75) is 39.8 Å². The van der Waals surface area contributed by atoms with E-state index >= 15 is 0 Å². The van der Waals surface area contributed by atoms with E-state index in [9.17, 15) is 0 Å². The third-order valence-corrected chi connectivity index (χ3v) is 2.24. The fourth-order valence-corrected chi connectivity index (χ4v) is 1.40. The molecule has 0 saturated heterocycles. The molecule has 0 fully saturated rings. The number of rotatable bonds is 5. The zero-order chi connectivity index (χ0) is 9.68. The van der Waals surface area contributed by atoms with Gasteiger partial charge < -0.3 is 5.32 Å². The van der Waals surface area contributed by atoms with Crippen molar-refractivity contribution in [3.63, 3.8) is 0 Å².